The van der Waals surface area contributed by atoms with Crippen LogP contribution in [0.4, 0.5) is 0 Å². The van der Waals surface area contributed by atoms with Crippen molar-refractivity contribution in [3.05, 3.63) is 70.8 Å². The van der Waals surface area contributed by atoms with E-state index >= 15 is 0 Å². The van der Waals surface area contributed by atoms with Gasteiger partial charge in [0.15, 0.2) is 0 Å². The second-order valence-electron chi connectivity index (χ2n) is 5.80. The molecule has 0 radical (unpaired) electrons. The van der Waals surface area contributed by atoms with Gasteiger partial charge in [-0.3, -0.25) is 14.5 Å². The van der Waals surface area contributed by atoms with E-state index in [2.05, 4.69) is 0 Å². The molecule has 1 aliphatic rings. The molecule has 0 saturated carbocycles. The van der Waals surface area contributed by atoms with Crippen LogP contribution in [0.3, 0.4) is 0 Å². The van der Waals surface area contributed by atoms with Gasteiger partial charge in [-0.05, 0) is 31.5 Å². The van der Waals surface area contributed by atoms with Gasteiger partial charge in [-0.25, -0.2) is 4.79 Å². The first-order valence-electron chi connectivity index (χ1n) is 7.68. The summed E-state index contributed by atoms with van der Waals surface area (Å²) >= 11 is 0. The Balaban J connectivity index is 1.70. The highest BCUT2D eigenvalue weighted by Crippen LogP contribution is 2.24. The molecule has 2 amide bonds. The van der Waals surface area contributed by atoms with E-state index in [0.717, 1.165) is 16.0 Å². The Labute approximate surface area is 139 Å². The number of imide groups is 1. The number of carbonyl (C=O) groups excluding carboxylic acids is 3. The van der Waals surface area contributed by atoms with E-state index in [9.17, 15) is 14.4 Å². The molecule has 0 spiro atoms. The van der Waals surface area contributed by atoms with E-state index in [4.69, 9.17) is 4.74 Å². The lowest BCUT2D eigenvalue weighted by Gasteiger charge is -2.21. The predicted molar refractivity (Wildman–Crippen MR) is 87.4 cm³/mol. The number of benzene rings is 2. The molecule has 5 nitrogen and oxygen atoms in total. The summed E-state index contributed by atoms with van der Waals surface area (Å²) in [5.74, 6) is -1.53. The maximum absolute atomic E-state index is 12.4. The number of rotatable bonds is 4. The largest absolute Gasteiger partial charge is 0.459 e. The second kappa shape index (κ2) is 6.28. The van der Waals surface area contributed by atoms with Crippen molar-refractivity contribution < 1.29 is 19.1 Å². The summed E-state index contributed by atoms with van der Waals surface area (Å²) in [6.07, 6.45) is 0. The lowest BCUT2D eigenvalue weighted by molar-refractivity contribution is -0.149. The van der Waals surface area contributed by atoms with Gasteiger partial charge >= 0.3 is 5.97 Å². The molecule has 2 aromatic carbocycles. The molecule has 3 rings (SSSR count). The van der Waals surface area contributed by atoms with Crippen molar-refractivity contribution in [2.24, 2.45) is 0 Å². The number of fused-ring (bicyclic) bond motifs is 1. The highest BCUT2D eigenvalue weighted by atomic mass is 16.5. The molecule has 0 fully saturated rings. The smallest absolute Gasteiger partial charge is 0.329 e. The van der Waals surface area contributed by atoms with Crippen molar-refractivity contribution in [1.29, 1.82) is 0 Å². The number of hydrogen-bond donors (Lipinski definition) is 0. The van der Waals surface area contributed by atoms with Crippen molar-refractivity contribution in [2.45, 2.75) is 26.5 Å². The summed E-state index contributed by atoms with van der Waals surface area (Å²) in [4.78, 5) is 38.0. The van der Waals surface area contributed by atoms with E-state index in [1.54, 1.807) is 24.3 Å². The number of carbonyl (C=O) groups is 3. The van der Waals surface area contributed by atoms with E-state index in [-0.39, 0.29) is 6.61 Å². The van der Waals surface area contributed by atoms with Crippen molar-refractivity contribution in [1.82, 2.24) is 4.90 Å². The van der Waals surface area contributed by atoms with Gasteiger partial charge in [0.25, 0.3) is 11.8 Å². The van der Waals surface area contributed by atoms with Crippen LogP contribution in [-0.4, -0.2) is 28.7 Å². The lowest BCUT2D eigenvalue weighted by Crippen LogP contribution is -2.43. The Hall–Kier alpha value is -2.95. The Morgan fingerprint density at radius 1 is 1.04 bits per heavy atom. The molecule has 0 aromatic heterocycles. The monoisotopic (exact) mass is 323 g/mol. The van der Waals surface area contributed by atoms with Crippen LogP contribution in [0.25, 0.3) is 0 Å². The van der Waals surface area contributed by atoms with Crippen LogP contribution >= 0.6 is 0 Å². The highest BCUT2D eigenvalue weighted by molar-refractivity contribution is 6.22. The zero-order valence-electron chi connectivity index (χ0n) is 13.5. The zero-order valence-corrected chi connectivity index (χ0v) is 13.5. The molecule has 1 aliphatic heterocycles. The molecule has 0 bridgehead atoms. The molecule has 0 aliphatic carbocycles. The standard InChI is InChI=1S/C19H17NO4/c1-12-6-5-7-14(10-12)11-24-19(23)13(2)20-17(21)15-8-3-4-9-16(15)18(20)22/h3-10,13H,11H2,1-2H3. The molecule has 0 saturated heterocycles. The molecule has 1 atom stereocenters. The van der Waals surface area contributed by atoms with Gasteiger partial charge in [-0.2, -0.15) is 0 Å². The Bertz CT molecular complexity index is 793. The molecule has 1 unspecified atom stereocenters. The topological polar surface area (TPSA) is 63.7 Å². The van der Waals surface area contributed by atoms with Gasteiger partial charge in [0.05, 0.1) is 11.1 Å². The number of ether oxygens (including phenoxy) is 1. The van der Waals surface area contributed by atoms with Crippen molar-refractivity contribution in [3.8, 4) is 0 Å². The number of hydrogen-bond acceptors (Lipinski definition) is 4. The van der Waals surface area contributed by atoms with Crippen LogP contribution in [0, 0.1) is 6.92 Å². The molecule has 0 N–H and O–H groups in total. The van der Waals surface area contributed by atoms with E-state index < -0.39 is 23.8 Å². The Morgan fingerprint density at radius 3 is 2.25 bits per heavy atom. The quantitative estimate of drug-likeness (QED) is 0.641. The third-order valence-corrected chi connectivity index (χ3v) is 4.02. The average Bonchev–Trinajstić information content (AvgIpc) is 2.84. The van der Waals surface area contributed by atoms with Crippen molar-refractivity contribution in [2.75, 3.05) is 0 Å². The van der Waals surface area contributed by atoms with Crippen molar-refractivity contribution >= 4 is 17.8 Å². The second-order valence-corrected chi connectivity index (χ2v) is 5.80. The lowest BCUT2D eigenvalue weighted by atomic mass is 10.1. The fourth-order valence-corrected chi connectivity index (χ4v) is 2.74. The van der Waals surface area contributed by atoms with Crippen molar-refractivity contribution in [3.63, 3.8) is 0 Å². The molecule has 5 heteroatoms. The number of aryl methyl sites for hydroxylation is 1. The average molecular weight is 323 g/mol. The summed E-state index contributed by atoms with van der Waals surface area (Å²) in [5, 5.41) is 0. The van der Waals surface area contributed by atoms with E-state index in [1.807, 2.05) is 31.2 Å². The summed E-state index contributed by atoms with van der Waals surface area (Å²) in [6, 6.07) is 13.2. The molecule has 1 heterocycles. The fourth-order valence-electron chi connectivity index (χ4n) is 2.74. The molecule has 2 aromatic rings. The molecule has 24 heavy (non-hydrogen) atoms. The first kappa shape index (κ1) is 15.9. The number of amides is 2. The summed E-state index contributed by atoms with van der Waals surface area (Å²) < 4.78 is 5.27. The van der Waals surface area contributed by atoms with Crippen LogP contribution in [0.2, 0.25) is 0 Å². The fraction of sp³-hybridized carbons (Fsp3) is 0.211. The SMILES string of the molecule is Cc1cccc(COC(=O)C(C)N2C(=O)c3ccccc3C2=O)c1. The highest BCUT2D eigenvalue weighted by Gasteiger charge is 2.41. The van der Waals surface area contributed by atoms with Gasteiger partial charge in [0.2, 0.25) is 0 Å². The normalized spacial score (nSPS) is 14.5. The van der Waals surface area contributed by atoms with Gasteiger partial charge in [0.1, 0.15) is 12.6 Å². The minimum Gasteiger partial charge on any atom is -0.459 e. The summed E-state index contributed by atoms with van der Waals surface area (Å²) in [7, 11) is 0. The predicted octanol–water partition coefficient (Wildman–Crippen LogP) is 2.72. The first-order chi connectivity index (χ1) is 11.5. The minimum atomic E-state index is -0.970. The Kier molecular flexibility index (Phi) is 4.16. The third kappa shape index (κ3) is 2.80. The molecular weight excluding hydrogens is 306 g/mol. The van der Waals surface area contributed by atoms with Crippen LogP contribution in [-0.2, 0) is 16.1 Å². The van der Waals surface area contributed by atoms with Gasteiger partial charge in [-0.1, -0.05) is 42.0 Å². The van der Waals surface area contributed by atoms with E-state index in [1.165, 1.54) is 6.92 Å². The van der Waals surface area contributed by atoms with E-state index in [0.29, 0.717) is 11.1 Å². The first-order valence-corrected chi connectivity index (χ1v) is 7.68. The van der Waals surface area contributed by atoms with Gasteiger partial charge < -0.3 is 4.74 Å². The minimum absolute atomic E-state index is 0.105. The van der Waals surface area contributed by atoms with Crippen LogP contribution in [0.15, 0.2) is 48.5 Å². The molecule has 122 valence electrons. The van der Waals surface area contributed by atoms with Gasteiger partial charge in [-0.15, -0.1) is 0 Å². The van der Waals surface area contributed by atoms with Crippen LogP contribution in [0.5, 0.6) is 0 Å². The maximum atomic E-state index is 12.4. The van der Waals surface area contributed by atoms with Crippen LogP contribution in [0.1, 0.15) is 38.8 Å². The summed E-state index contributed by atoms with van der Waals surface area (Å²) in [6.45, 7) is 3.56. The number of nitrogens with zero attached hydrogens (tertiary/aromatic N) is 1. The third-order valence-electron chi connectivity index (χ3n) is 4.02. The van der Waals surface area contributed by atoms with Gasteiger partial charge in [0, 0.05) is 0 Å². The molecular formula is C19H17NO4. The van der Waals surface area contributed by atoms with Crippen LogP contribution < -0.4 is 0 Å². The zero-order chi connectivity index (χ0) is 17.3. The summed E-state index contributed by atoms with van der Waals surface area (Å²) in [5.41, 5.74) is 2.57. The maximum Gasteiger partial charge on any atom is 0.329 e. The Morgan fingerprint density at radius 2 is 1.67 bits per heavy atom. The number of esters is 1.